The lowest BCUT2D eigenvalue weighted by molar-refractivity contribution is -0.114. The minimum absolute atomic E-state index is 0.0142. The van der Waals surface area contributed by atoms with Gasteiger partial charge in [0.2, 0.25) is 0 Å². The van der Waals surface area contributed by atoms with E-state index in [1.165, 1.54) is 5.56 Å². The van der Waals surface area contributed by atoms with E-state index in [9.17, 15) is 10.1 Å². The van der Waals surface area contributed by atoms with Gasteiger partial charge in [0.05, 0.1) is 5.71 Å². The fraction of sp³-hybridized carbons (Fsp3) is 0.158. The number of nitriles is 1. The van der Waals surface area contributed by atoms with E-state index >= 15 is 0 Å². The predicted molar refractivity (Wildman–Crippen MR) is 86.6 cm³/mol. The van der Waals surface area contributed by atoms with Crippen molar-refractivity contribution in [1.29, 1.82) is 5.26 Å². The first-order valence-corrected chi connectivity index (χ1v) is 7.55. The number of aromatic nitrogens is 1. The van der Waals surface area contributed by atoms with Gasteiger partial charge in [0, 0.05) is 18.3 Å². The number of fused-ring (bicyclic) bond motifs is 3. The summed E-state index contributed by atoms with van der Waals surface area (Å²) in [6.07, 6.45) is 5.14. The maximum Gasteiger partial charge on any atom is 0.288 e. The number of carbonyl (C=O) groups excluding carboxylic acids is 1. The highest BCUT2D eigenvalue weighted by molar-refractivity contribution is 6.23. The van der Waals surface area contributed by atoms with Crippen molar-refractivity contribution in [2.75, 3.05) is 0 Å². The molecule has 1 atom stereocenters. The fourth-order valence-electron chi connectivity index (χ4n) is 3.47. The second-order valence-corrected chi connectivity index (χ2v) is 5.69. The number of amides is 1. The van der Waals surface area contributed by atoms with Gasteiger partial charge in [-0.2, -0.15) is 5.26 Å². The van der Waals surface area contributed by atoms with Gasteiger partial charge in [-0.05, 0) is 47.2 Å². The molecular weight excluding hydrogens is 286 g/mol. The van der Waals surface area contributed by atoms with Gasteiger partial charge in [0.25, 0.3) is 5.91 Å². The molecule has 110 valence electrons. The Kier molecular flexibility index (Phi) is 3.13. The zero-order valence-electron chi connectivity index (χ0n) is 12.4. The van der Waals surface area contributed by atoms with E-state index in [4.69, 9.17) is 0 Å². The van der Waals surface area contributed by atoms with Crippen LogP contribution in [0.1, 0.15) is 23.1 Å². The first-order valence-electron chi connectivity index (χ1n) is 7.55. The zero-order valence-corrected chi connectivity index (χ0v) is 12.4. The number of carbonyl (C=O) groups is 1. The lowest BCUT2D eigenvalue weighted by Crippen LogP contribution is -2.30. The Morgan fingerprint density at radius 2 is 1.91 bits per heavy atom. The third-order valence-corrected chi connectivity index (χ3v) is 4.48. The van der Waals surface area contributed by atoms with Crippen molar-refractivity contribution in [2.45, 2.75) is 12.8 Å². The summed E-state index contributed by atoms with van der Waals surface area (Å²) < 4.78 is 0. The highest BCUT2D eigenvalue weighted by atomic mass is 16.1. The summed E-state index contributed by atoms with van der Waals surface area (Å²) in [6.45, 7) is 0. The van der Waals surface area contributed by atoms with Crippen LogP contribution in [0.25, 0.3) is 5.57 Å². The third-order valence-electron chi connectivity index (χ3n) is 4.48. The number of hydrogen-bond donors (Lipinski definition) is 0. The van der Waals surface area contributed by atoms with E-state index in [2.05, 4.69) is 22.1 Å². The maximum atomic E-state index is 12.4. The highest BCUT2D eigenvalue weighted by Gasteiger charge is 2.36. The molecule has 1 aliphatic carbocycles. The topological polar surface area (TPSA) is 66.1 Å². The molecule has 0 radical (unpaired) electrons. The summed E-state index contributed by atoms with van der Waals surface area (Å²) in [5, 5.41) is 9.47. The normalized spacial score (nSPS) is 19.5. The molecule has 0 N–H and O–H groups in total. The van der Waals surface area contributed by atoms with Gasteiger partial charge in [-0.25, -0.2) is 4.99 Å². The minimum atomic E-state index is -0.442. The van der Waals surface area contributed by atoms with E-state index in [0.29, 0.717) is 0 Å². The lowest BCUT2D eigenvalue weighted by atomic mass is 9.73. The Balaban J connectivity index is 1.93. The Morgan fingerprint density at radius 3 is 2.70 bits per heavy atom. The largest absolute Gasteiger partial charge is 0.288 e. The lowest BCUT2D eigenvalue weighted by Gasteiger charge is -2.31. The Bertz CT molecular complexity index is 904. The Morgan fingerprint density at radius 1 is 1.13 bits per heavy atom. The average Bonchev–Trinajstić information content (AvgIpc) is 2.61. The Hall–Kier alpha value is -3.06. The molecule has 4 nitrogen and oxygen atoms in total. The molecule has 4 heteroatoms. The van der Waals surface area contributed by atoms with Crippen LogP contribution in [0.15, 0.2) is 59.4 Å². The first-order chi connectivity index (χ1) is 11.3. The van der Waals surface area contributed by atoms with Crippen LogP contribution in [0.4, 0.5) is 0 Å². The SMILES string of the molecule is N#CC1=C(c2ccncc2)C2CCc3ccccc3C2=NC1=O. The molecule has 0 bridgehead atoms. The summed E-state index contributed by atoms with van der Waals surface area (Å²) >= 11 is 0. The van der Waals surface area contributed by atoms with Gasteiger partial charge in [0.15, 0.2) is 0 Å². The van der Waals surface area contributed by atoms with E-state index in [1.807, 2.05) is 30.3 Å². The van der Waals surface area contributed by atoms with E-state index < -0.39 is 5.91 Å². The second-order valence-electron chi connectivity index (χ2n) is 5.69. The minimum Gasteiger partial charge on any atom is -0.266 e. The van der Waals surface area contributed by atoms with Crippen molar-refractivity contribution >= 4 is 17.2 Å². The van der Waals surface area contributed by atoms with Crippen LogP contribution < -0.4 is 0 Å². The average molecular weight is 299 g/mol. The molecule has 2 heterocycles. The number of nitrogens with zero attached hydrogens (tertiary/aromatic N) is 3. The molecular formula is C19H13N3O. The molecule has 4 rings (SSSR count). The molecule has 2 aromatic rings. The Labute approximate surface area is 133 Å². The van der Waals surface area contributed by atoms with E-state index in [0.717, 1.165) is 35.3 Å². The quantitative estimate of drug-likeness (QED) is 0.813. The van der Waals surface area contributed by atoms with Crippen molar-refractivity contribution < 1.29 is 4.79 Å². The standard InChI is InChI=1S/C19H13N3O/c20-11-16-17(13-7-9-21-10-8-13)15-6-5-12-3-1-2-4-14(12)18(15)22-19(16)23/h1-4,7-10,15H,5-6H2. The highest BCUT2D eigenvalue weighted by Crippen LogP contribution is 2.40. The summed E-state index contributed by atoms with van der Waals surface area (Å²) in [4.78, 5) is 20.7. The molecule has 1 unspecified atom stereocenters. The smallest absolute Gasteiger partial charge is 0.266 e. The molecule has 0 spiro atoms. The predicted octanol–water partition coefficient (Wildman–Crippen LogP) is 2.95. The molecule has 1 aromatic carbocycles. The summed E-state index contributed by atoms with van der Waals surface area (Å²) in [5.74, 6) is -0.457. The number of hydrogen-bond acceptors (Lipinski definition) is 3. The summed E-state index contributed by atoms with van der Waals surface area (Å²) in [7, 11) is 0. The number of aliphatic imine (C=N–C) groups is 1. The molecule has 0 saturated carbocycles. The number of pyridine rings is 1. The van der Waals surface area contributed by atoms with Crippen LogP contribution in [0.2, 0.25) is 0 Å². The number of benzene rings is 1. The third kappa shape index (κ3) is 2.09. The fourth-order valence-corrected chi connectivity index (χ4v) is 3.47. The summed E-state index contributed by atoms with van der Waals surface area (Å²) in [6, 6.07) is 13.8. The molecule has 23 heavy (non-hydrogen) atoms. The number of dihydropyridines is 1. The van der Waals surface area contributed by atoms with E-state index in [-0.39, 0.29) is 11.5 Å². The van der Waals surface area contributed by atoms with Gasteiger partial charge < -0.3 is 0 Å². The van der Waals surface area contributed by atoms with Crippen LogP contribution >= 0.6 is 0 Å². The maximum absolute atomic E-state index is 12.4. The van der Waals surface area contributed by atoms with Crippen molar-refractivity contribution in [3.8, 4) is 6.07 Å². The van der Waals surface area contributed by atoms with Crippen LogP contribution in [0.5, 0.6) is 0 Å². The van der Waals surface area contributed by atoms with Crippen molar-refractivity contribution in [1.82, 2.24) is 4.98 Å². The molecule has 2 aliphatic rings. The number of aryl methyl sites for hydroxylation is 1. The zero-order chi connectivity index (χ0) is 15.8. The second kappa shape index (κ2) is 5.29. The first kappa shape index (κ1) is 13.6. The van der Waals surface area contributed by atoms with Crippen molar-refractivity contribution in [3.63, 3.8) is 0 Å². The number of rotatable bonds is 1. The number of allylic oxidation sites excluding steroid dienone is 1. The van der Waals surface area contributed by atoms with Crippen LogP contribution in [-0.4, -0.2) is 16.6 Å². The molecule has 1 aliphatic heterocycles. The van der Waals surface area contributed by atoms with Gasteiger partial charge in [-0.3, -0.25) is 9.78 Å². The van der Waals surface area contributed by atoms with Crippen LogP contribution in [0, 0.1) is 17.2 Å². The van der Waals surface area contributed by atoms with Crippen molar-refractivity contribution in [3.05, 3.63) is 71.1 Å². The van der Waals surface area contributed by atoms with Gasteiger partial charge >= 0.3 is 0 Å². The van der Waals surface area contributed by atoms with Crippen LogP contribution in [-0.2, 0) is 11.2 Å². The molecule has 0 fully saturated rings. The molecule has 1 aromatic heterocycles. The van der Waals surface area contributed by atoms with Gasteiger partial charge in [-0.1, -0.05) is 24.3 Å². The summed E-state index contributed by atoms with van der Waals surface area (Å²) in [5.41, 5.74) is 4.86. The molecule has 0 saturated heterocycles. The van der Waals surface area contributed by atoms with Gasteiger partial charge in [-0.15, -0.1) is 0 Å². The van der Waals surface area contributed by atoms with Gasteiger partial charge in [0.1, 0.15) is 11.6 Å². The molecule has 1 amide bonds. The van der Waals surface area contributed by atoms with E-state index in [1.54, 1.807) is 12.4 Å². The van der Waals surface area contributed by atoms with Crippen LogP contribution in [0.3, 0.4) is 0 Å². The monoisotopic (exact) mass is 299 g/mol. The van der Waals surface area contributed by atoms with Crippen molar-refractivity contribution in [2.24, 2.45) is 10.9 Å².